The van der Waals surface area contributed by atoms with Crippen LogP contribution >= 0.6 is 0 Å². The van der Waals surface area contributed by atoms with Gasteiger partial charge >= 0.3 is 5.97 Å². The molecule has 1 aliphatic rings. The van der Waals surface area contributed by atoms with Gasteiger partial charge in [-0.3, -0.25) is 14.9 Å². The van der Waals surface area contributed by atoms with E-state index in [-0.39, 0.29) is 18.9 Å². The lowest BCUT2D eigenvalue weighted by Gasteiger charge is -2.18. The smallest absolute Gasteiger partial charge is 0.317 e. The largest absolute Gasteiger partial charge is 0.486 e. The first kappa shape index (κ1) is 12.4. The first-order valence-corrected chi connectivity index (χ1v) is 5.52. The zero-order chi connectivity index (χ0) is 13.0. The van der Waals surface area contributed by atoms with Crippen molar-refractivity contribution < 1.29 is 24.2 Å². The molecule has 96 valence electrons. The Balaban J connectivity index is 2.00. The van der Waals surface area contributed by atoms with Gasteiger partial charge in [0.25, 0.3) is 0 Å². The number of nitrogens with one attached hydrogen (secondary N) is 1. The Bertz CT molecular complexity index is 472. The minimum Gasteiger partial charge on any atom is -0.486 e. The SMILES string of the molecule is O=C(O)CNCC(=O)c1ccc2c(c1)OCCO2. The number of ether oxygens (including phenoxy) is 2. The number of Topliss-reactive ketones (excluding diaryl/α,β-unsaturated/α-hetero) is 1. The van der Waals surface area contributed by atoms with Gasteiger partial charge in [0.1, 0.15) is 13.2 Å². The highest BCUT2D eigenvalue weighted by Crippen LogP contribution is 2.30. The van der Waals surface area contributed by atoms with Gasteiger partial charge in [-0.05, 0) is 18.2 Å². The average molecular weight is 251 g/mol. The molecule has 6 nitrogen and oxygen atoms in total. The molecule has 0 bridgehead atoms. The predicted octanol–water partition coefficient (Wildman–Crippen LogP) is 0.315. The molecule has 0 aromatic heterocycles. The van der Waals surface area contributed by atoms with Crippen molar-refractivity contribution in [2.24, 2.45) is 0 Å². The lowest BCUT2D eigenvalue weighted by Crippen LogP contribution is -2.28. The molecular weight excluding hydrogens is 238 g/mol. The summed E-state index contributed by atoms with van der Waals surface area (Å²) in [5, 5.41) is 11.0. The van der Waals surface area contributed by atoms with Gasteiger partial charge in [0.05, 0.1) is 13.1 Å². The number of fused-ring (bicyclic) bond motifs is 1. The molecule has 0 saturated carbocycles. The molecule has 6 heteroatoms. The Morgan fingerprint density at radius 2 is 1.89 bits per heavy atom. The van der Waals surface area contributed by atoms with Crippen molar-refractivity contribution >= 4 is 11.8 Å². The van der Waals surface area contributed by atoms with Crippen LogP contribution in [-0.4, -0.2) is 43.2 Å². The molecule has 2 N–H and O–H groups in total. The fourth-order valence-electron chi connectivity index (χ4n) is 1.60. The molecule has 0 saturated heterocycles. The van der Waals surface area contributed by atoms with Gasteiger partial charge in [-0.25, -0.2) is 0 Å². The fourth-order valence-corrected chi connectivity index (χ4v) is 1.60. The summed E-state index contributed by atoms with van der Waals surface area (Å²) in [7, 11) is 0. The highest BCUT2D eigenvalue weighted by atomic mass is 16.6. The van der Waals surface area contributed by atoms with Gasteiger partial charge in [0.15, 0.2) is 17.3 Å². The van der Waals surface area contributed by atoms with Crippen LogP contribution in [0.15, 0.2) is 18.2 Å². The van der Waals surface area contributed by atoms with Crippen LogP contribution in [0.2, 0.25) is 0 Å². The molecule has 0 radical (unpaired) electrons. The number of benzene rings is 1. The molecule has 1 aromatic carbocycles. The van der Waals surface area contributed by atoms with Crippen LogP contribution in [0.1, 0.15) is 10.4 Å². The summed E-state index contributed by atoms with van der Waals surface area (Å²) in [6.07, 6.45) is 0. The lowest BCUT2D eigenvalue weighted by molar-refractivity contribution is -0.135. The monoisotopic (exact) mass is 251 g/mol. The summed E-state index contributed by atoms with van der Waals surface area (Å²) in [6.45, 7) is 0.699. The molecule has 1 aliphatic heterocycles. The minimum atomic E-state index is -0.995. The average Bonchev–Trinajstić information content (AvgIpc) is 2.37. The normalized spacial score (nSPS) is 13.1. The third kappa shape index (κ3) is 2.98. The first-order valence-electron chi connectivity index (χ1n) is 5.52. The van der Waals surface area contributed by atoms with Gasteiger partial charge in [-0.1, -0.05) is 0 Å². The molecule has 0 unspecified atom stereocenters. The molecular formula is C12H13NO5. The van der Waals surface area contributed by atoms with E-state index < -0.39 is 5.97 Å². The number of carbonyl (C=O) groups is 2. The molecule has 0 amide bonds. The quantitative estimate of drug-likeness (QED) is 0.733. The summed E-state index contributed by atoms with van der Waals surface area (Å²) in [6, 6.07) is 4.93. The van der Waals surface area contributed by atoms with Crippen LogP contribution in [0.25, 0.3) is 0 Å². The van der Waals surface area contributed by atoms with E-state index in [9.17, 15) is 9.59 Å². The summed E-state index contributed by atoms with van der Waals surface area (Å²) < 4.78 is 10.7. The number of rotatable bonds is 5. The van der Waals surface area contributed by atoms with Crippen LogP contribution < -0.4 is 14.8 Å². The molecule has 1 aromatic rings. The van der Waals surface area contributed by atoms with Crippen LogP contribution in [0, 0.1) is 0 Å². The van der Waals surface area contributed by atoms with E-state index in [1.807, 2.05) is 0 Å². The molecule has 0 fully saturated rings. The second-order valence-corrected chi connectivity index (χ2v) is 3.78. The Kier molecular flexibility index (Phi) is 3.78. The zero-order valence-electron chi connectivity index (χ0n) is 9.64. The Hall–Kier alpha value is -2.08. The highest BCUT2D eigenvalue weighted by Gasteiger charge is 2.14. The van der Waals surface area contributed by atoms with E-state index in [0.29, 0.717) is 30.3 Å². The van der Waals surface area contributed by atoms with E-state index in [2.05, 4.69) is 5.32 Å². The molecule has 1 heterocycles. The maximum absolute atomic E-state index is 11.8. The van der Waals surface area contributed by atoms with E-state index in [1.165, 1.54) is 0 Å². The van der Waals surface area contributed by atoms with Crippen LogP contribution in [0.5, 0.6) is 11.5 Å². The lowest BCUT2D eigenvalue weighted by atomic mass is 10.1. The first-order chi connectivity index (χ1) is 8.66. The standard InChI is InChI=1S/C12H13NO5/c14-9(6-13-7-12(15)16)8-1-2-10-11(5-8)18-4-3-17-10/h1-2,5,13H,3-4,6-7H2,(H,15,16). The fraction of sp³-hybridized carbons (Fsp3) is 0.333. The number of hydrogen-bond donors (Lipinski definition) is 2. The molecule has 0 aliphatic carbocycles. The van der Waals surface area contributed by atoms with E-state index in [4.69, 9.17) is 14.6 Å². The van der Waals surface area contributed by atoms with Crippen molar-refractivity contribution in [3.05, 3.63) is 23.8 Å². The molecule has 0 atom stereocenters. The maximum Gasteiger partial charge on any atom is 0.317 e. The summed E-state index contributed by atoms with van der Waals surface area (Å²) in [5.74, 6) is -0.0140. The maximum atomic E-state index is 11.8. The van der Waals surface area contributed by atoms with Crippen LogP contribution in [0.3, 0.4) is 0 Å². The van der Waals surface area contributed by atoms with Gasteiger partial charge in [-0.15, -0.1) is 0 Å². The van der Waals surface area contributed by atoms with Crippen molar-refractivity contribution in [2.75, 3.05) is 26.3 Å². The van der Waals surface area contributed by atoms with Crippen molar-refractivity contribution in [1.82, 2.24) is 5.32 Å². The zero-order valence-corrected chi connectivity index (χ0v) is 9.64. The Morgan fingerprint density at radius 3 is 2.61 bits per heavy atom. The van der Waals surface area contributed by atoms with E-state index >= 15 is 0 Å². The molecule has 18 heavy (non-hydrogen) atoms. The van der Waals surface area contributed by atoms with Crippen LogP contribution in [-0.2, 0) is 4.79 Å². The highest BCUT2D eigenvalue weighted by molar-refractivity contribution is 5.98. The third-order valence-corrected chi connectivity index (χ3v) is 2.43. The van der Waals surface area contributed by atoms with Crippen molar-refractivity contribution in [3.63, 3.8) is 0 Å². The van der Waals surface area contributed by atoms with E-state index in [0.717, 1.165) is 0 Å². The Labute approximate surface area is 104 Å². The number of carbonyl (C=O) groups excluding carboxylic acids is 1. The van der Waals surface area contributed by atoms with Crippen molar-refractivity contribution in [3.8, 4) is 11.5 Å². The third-order valence-electron chi connectivity index (χ3n) is 2.43. The number of hydrogen-bond acceptors (Lipinski definition) is 5. The van der Waals surface area contributed by atoms with Crippen molar-refractivity contribution in [2.45, 2.75) is 0 Å². The van der Waals surface area contributed by atoms with Crippen LogP contribution in [0.4, 0.5) is 0 Å². The molecule has 2 rings (SSSR count). The van der Waals surface area contributed by atoms with Gasteiger partial charge < -0.3 is 14.6 Å². The minimum absolute atomic E-state index is 0.0219. The van der Waals surface area contributed by atoms with Crippen molar-refractivity contribution in [1.29, 1.82) is 0 Å². The summed E-state index contributed by atoms with van der Waals surface area (Å²) >= 11 is 0. The van der Waals surface area contributed by atoms with Gasteiger partial charge in [0.2, 0.25) is 0 Å². The van der Waals surface area contributed by atoms with Gasteiger partial charge in [0, 0.05) is 5.56 Å². The second-order valence-electron chi connectivity index (χ2n) is 3.78. The molecule has 0 spiro atoms. The predicted molar refractivity (Wildman–Crippen MR) is 62.3 cm³/mol. The number of carboxylic acid groups (broad SMARTS) is 1. The topological polar surface area (TPSA) is 84.9 Å². The summed E-state index contributed by atoms with van der Waals surface area (Å²) in [4.78, 5) is 22.1. The number of ketones is 1. The second kappa shape index (κ2) is 5.50. The van der Waals surface area contributed by atoms with E-state index in [1.54, 1.807) is 18.2 Å². The number of carboxylic acids is 1. The Morgan fingerprint density at radius 1 is 1.17 bits per heavy atom. The summed E-state index contributed by atoms with van der Waals surface area (Å²) in [5.41, 5.74) is 0.470. The number of aliphatic carboxylic acids is 1. The van der Waals surface area contributed by atoms with Gasteiger partial charge in [-0.2, -0.15) is 0 Å².